The molecule has 3 aliphatic carbocycles. The van der Waals surface area contributed by atoms with Gasteiger partial charge in [0.15, 0.2) is 0 Å². The van der Waals surface area contributed by atoms with Crippen LogP contribution in [-0.4, -0.2) is 44.7 Å². The fraction of sp³-hybridized carbons (Fsp3) is 1.00. The van der Waals surface area contributed by atoms with Gasteiger partial charge in [0.25, 0.3) is 10.1 Å². The molecule has 0 aromatic rings. The third kappa shape index (κ3) is 4.34. The molecule has 12 heteroatoms. The first-order valence-corrected chi connectivity index (χ1v) is 11.2. The highest BCUT2D eigenvalue weighted by Gasteiger charge is 2.49. The molecule has 2 bridgehead atoms. The largest absolute Gasteiger partial charge is 0.772 e. The highest BCUT2D eigenvalue weighted by atomic mass is 32.2. The first-order chi connectivity index (χ1) is 11.7. The molecule has 0 radical (unpaired) electrons. The summed E-state index contributed by atoms with van der Waals surface area (Å²) in [5.74, 6) is 1.02. The molecule has 3 saturated carbocycles. The molecule has 0 aliphatic heterocycles. The van der Waals surface area contributed by atoms with Crippen molar-refractivity contribution in [3.63, 3.8) is 0 Å². The van der Waals surface area contributed by atoms with E-state index in [1.54, 1.807) is 6.92 Å². The predicted molar refractivity (Wildman–Crippen MR) is 87.6 cm³/mol. The van der Waals surface area contributed by atoms with E-state index >= 15 is 0 Å². The van der Waals surface area contributed by atoms with E-state index in [9.17, 15) is 35.2 Å². The molecule has 0 N–H and O–H groups in total. The van der Waals surface area contributed by atoms with Gasteiger partial charge in [-0.3, -0.25) is 8.65 Å². The Hall–Kier alpha value is -0.430. The van der Waals surface area contributed by atoms with Crippen molar-refractivity contribution in [2.24, 2.45) is 17.8 Å². The van der Waals surface area contributed by atoms with Crippen molar-refractivity contribution in [3.05, 3.63) is 5.21 Å². The molecule has 0 amide bonds. The Morgan fingerprint density at radius 2 is 1.69 bits per heavy atom. The first kappa shape index (κ1) is 21.9. The normalized spacial score (nSPS) is 33.4. The summed E-state index contributed by atoms with van der Waals surface area (Å²) in [6.45, 7) is 1.28. The van der Waals surface area contributed by atoms with E-state index in [0.29, 0.717) is 18.8 Å². The Labute approximate surface area is 151 Å². The molecule has 26 heavy (non-hydrogen) atoms. The van der Waals surface area contributed by atoms with E-state index in [1.807, 2.05) is 6.92 Å². The van der Waals surface area contributed by atoms with Gasteiger partial charge in [0.2, 0.25) is 0 Å². The topological polar surface area (TPSA) is 104 Å². The van der Waals surface area contributed by atoms with Crippen molar-refractivity contribution in [1.82, 2.24) is 4.47 Å². The summed E-state index contributed by atoms with van der Waals surface area (Å²) in [7, 11) is -10.2. The van der Waals surface area contributed by atoms with Crippen molar-refractivity contribution < 1.29 is 34.2 Å². The van der Waals surface area contributed by atoms with Crippen LogP contribution in [-0.2, 0) is 24.3 Å². The Morgan fingerprint density at radius 1 is 1.12 bits per heavy atom. The van der Waals surface area contributed by atoms with E-state index in [4.69, 9.17) is 4.18 Å². The minimum atomic E-state index is -6.05. The molecule has 3 rings (SSSR count). The second kappa shape index (κ2) is 7.19. The smallest absolute Gasteiger partial charge is 0.510 e. The molecule has 3 aliphatic rings. The van der Waals surface area contributed by atoms with Gasteiger partial charge in [-0.25, -0.2) is 8.42 Å². The van der Waals surface area contributed by atoms with Crippen LogP contribution in [0.15, 0.2) is 0 Å². The maximum Gasteiger partial charge on any atom is 0.510 e. The van der Waals surface area contributed by atoms with E-state index in [2.05, 4.69) is 0 Å². The maximum absolute atomic E-state index is 12.6. The zero-order chi connectivity index (χ0) is 20.0. The van der Waals surface area contributed by atoms with Crippen molar-refractivity contribution in [1.29, 1.82) is 0 Å². The summed E-state index contributed by atoms with van der Waals surface area (Å²) in [5.41, 5.74) is -5.74. The first-order valence-electron chi connectivity index (χ1n) is 8.33. The SMILES string of the molecule is CC1CC2CC(C2)CC(C)(S(=O)(=O)OCCN([O-])S(=O)(=O)C(F)(F)F)C1. The second-order valence-electron chi connectivity index (χ2n) is 7.66. The number of halogens is 3. The number of sulfonamides is 1. The van der Waals surface area contributed by atoms with Crippen molar-refractivity contribution in [2.45, 2.75) is 56.2 Å². The summed E-state index contributed by atoms with van der Waals surface area (Å²) in [5, 5.41) is 11.2. The lowest BCUT2D eigenvalue weighted by Gasteiger charge is -2.46. The fourth-order valence-corrected chi connectivity index (χ4v) is 6.17. The van der Waals surface area contributed by atoms with E-state index in [0.717, 1.165) is 19.3 Å². The van der Waals surface area contributed by atoms with Gasteiger partial charge in [-0.2, -0.15) is 21.6 Å². The zero-order valence-electron chi connectivity index (χ0n) is 14.5. The van der Waals surface area contributed by atoms with E-state index in [1.165, 1.54) is 0 Å². The molecule has 0 spiro atoms. The molecule has 0 aromatic heterocycles. The molecule has 0 aromatic carbocycles. The summed E-state index contributed by atoms with van der Waals surface area (Å²) in [6.07, 6.45) is 3.56. The van der Waals surface area contributed by atoms with Crippen molar-refractivity contribution in [3.8, 4) is 0 Å². The number of nitrogens with zero attached hydrogens (tertiary/aromatic N) is 1. The Bertz CT molecular complexity index is 713. The summed E-state index contributed by atoms with van der Waals surface area (Å²) >= 11 is 0. The average Bonchev–Trinajstić information content (AvgIpc) is 2.40. The summed E-state index contributed by atoms with van der Waals surface area (Å²) in [6, 6.07) is 0. The van der Waals surface area contributed by atoms with Crippen LogP contribution in [0.5, 0.6) is 0 Å². The van der Waals surface area contributed by atoms with Gasteiger partial charge >= 0.3 is 15.5 Å². The third-order valence-electron chi connectivity index (χ3n) is 5.25. The number of rotatable bonds is 6. The van der Waals surface area contributed by atoms with Crippen LogP contribution in [0.25, 0.3) is 0 Å². The van der Waals surface area contributed by atoms with Crippen LogP contribution in [0.4, 0.5) is 13.2 Å². The quantitative estimate of drug-likeness (QED) is 0.481. The van der Waals surface area contributed by atoms with Gasteiger partial charge < -0.3 is 5.21 Å². The lowest BCUT2D eigenvalue weighted by molar-refractivity contribution is -0.0478. The van der Waals surface area contributed by atoms with Crippen molar-refractivity contribution >= 4 is 20.1 Å². The highest BCUT2D eigenvalue weighted by Crippen LogP contribution is 2.49. The second-order valence-corrected chi connectivity index (χ2v) is 11.6. The van der Waals surface area contributed by atoms with E-state index in [-0.39, 0.29) is 11.8 Å². The minimum absolute atomic E-state index is 0.145. The van der Waals surface area contributed by atoms with Gasteiger partial charge in [-0.1, -0.05) is 6.92 Å². The van der Waals surface area contributed by atoms with Crippen LogP contribution >= 0.6 is 0 Å². The Morgan fingerprint density at radius 3 is 2.23 bits per heavy atom. The summed E-state index contributed by atoms with van der Waals surface area (Å²) in [4.78, 5) is 0. The number of fused-ring (bicyclic) bond motifs is 4. The molecule has 2 atom stereocenters. The van der Waals surface area contributed by atoms with Crippen molar-refractivity contribution in [2.75, 3.05) is 13.2 Å². The Kier molecular flexibility index (Phi) is 6.05. The average molecular weight is 422 g/mol. The van der Waals surface area contributed by atoms with Gasteiger partial charge in [0.05, 0.1) is 11.4 Å². The van der Waals surface area contributed by atoms with Crippen LogP contribution < -0.4 is 0 Å². The van der Waals surface area contributed by atoms with Crippen LogP contribution in [0, 0.1) is 23.0 Å². The number of hydrogen-bond donors (Lipinski definition) is 0. The third-order valence-corrected chi connectivity index (χ3v) is 8.57. The van der Waals surface area contributed by atoms with E-state index < -0.39 is 48.0 Å². The molecule has 7 nitrogen and oxygen atoms in total. The molecular formula is C14H23F3NO6S2-. The molecule has 0 heterocycles. The molecule has 3 fully saturated rings. The number of hydroxylamine groups is 1. The lowest BCUT2D eigenvalue weighted by Crippen LogP contribution is -2.46. The minimum Gasteiger partial charge on any atom is -0.772 e. The van der Waals surface area contributed by atoms with Crippen LogP contribution in [0.3, 0.4) is 0 Å². The zero-order valence-corrected chi connectivity index (χ0v) is 16.2. The molecule has 154 valence electrons. The standard InChI is InChI=1S/C14H23F3NO6S2/c1-10-5-11-6-12(7-11)9-13(2,8-10)26(22,23)24-4-3-18(19)25(20,21)14(15,16)17/h10-12H,3-9H2,1-2H3/q-1. The molecular weight excluding hydrogens is 399 g/mol. The van der Waals surface area contributed by atoms with Gasteiger partial charge in [-0.05, 0) is 56.8 Å². The number of hydrogen-bond acceptors (Lipinski definition) is 6. The van der Waals surface area contributed by atoms with Crippen LogP contribution in [0.2, 0.25) is 0 Å². The highest BCUT2D eigenvalue weighted by molar-refractivity contribution is 7.90. The van der Waals surface area contributed by atoms with Gasteiger partial charge in [0, 0.05) is 6.54 Å². The summed E-state index contributed by atoms with van der Waals surface area (Å²) < 4.78 is 86.3. The lowest BCUT2D eigenvalue weighted by atomic mass is 9.64. The maximum atomic E-state index is 12.6. The molecule has 0 saturated heterocycles. The number of alkyl halides is 3. The monoisotopic (exact) mass is 422 g/mol. The van der Waals surface area contributed by atoms with Gasteiger partial charge in [-0.15, -0.1) is 0 Å². The van der Waals surface area contributed by atoms with Gasteiger partial charge in [0.1, 0.15) is 0 Å². The Balaban J connectivity index is 2.01. The molecule has 2 unspecified atom stereocenters. The predicted octanol–water partition coefficient (Wildman–Crippen LogP) is 2.59. The van der Waals surface area contributed by atoms with Crippen LogP contribution in [0.1, 0.15) is 46.0 Å². The fourth-order valence-electron chi connectivity index (χ4n) is 4.12.